The lowest BCUT2D eigenvalue weighted by Gasteiger charge is -2.40. The first-order valence-corrected chi connectivity index (χ1v) is 10.7. The number of sulfonamides is 1. The van der Waals surface area contributed by atoms with Crippen LogP contribution in [0.3, 0.4) is 0 Å². The molecule has 0 bridgehead atoms. The van der Waals surface area contributed by atoms with Gasteiger partial charge in [-0.05, 0) is 55.8 Å². The van der Waals surface area contributed by atoms with E-state index in [2.05, 4.69) is 0 Å². The van der Waals surface area contributed by atoms with Crippen molar-refractivity contribution >= 4 is 15.9 Å². The van der Waals surface area contributed by atoms with E-state index in [9.17, 15) is 17.6 Å². The topological polar surface area (TPSA) is 105 Å². The first kappa shape index (κ1) is 22.2. The number of benzene rings is 2. The van der Waals surface area contributed by atoms with Crippen molar-refractivity contribution in [2.75, 3.05) is 6.54 Å². The number of ether oxygens (including phenoxy) is 2. The van der Waals surface area contributed by atoms with E-state index in [0.29, 0.717) is 5.75 Å². The number of morpholine rings is 1. The summed E-state index contributed by atoms with van der Waals surface area (Å²) in [6.45, 7) is 3.44. The Labute approximate surface area is 174 Å². The number of carbonyl (C=O) groups excluding carboxylic acids is 1. The third-order valence-corrected chi connectivity index (χ3v) is 6.63. The molecule has 2 aromatic carbocycles. The van der Waals surface area contributed by atoms with E-state index < -0.39 is 34.2 Å². The Kier molecular flexibility index (Phi) is 6.71. The van der Waals surface area contributed by atoms with Gasteiger partial charge in [0.05, 0.1) is 17.1 Å². The van der Waals surface area contributed by atoms with Crippen molar-refractivity contribution < 1.29 is 32.3 Å². The van der Waals surface area contributed by atoms with Crippen molar-refractivity contribution in [2.45, 2.75) is 43.6 Å². The minimum atomic E-state index is -4.04. The third-order valence-electron chi connectivity index (χ3n) is 4.77. The fourth-order valence-electron chi connectivity index (χ4n) is 3.33. The Morgan fingerprint density at radius 3 is 2.43 bits per heavy atom. The Morgan fingerprint density at radius 2 is 1.83 bits per heavy atom. The van der Waals surface area contributed by atoms with Crippen LogP contribution in [0.2, 0.25) is 0 Å². The zero-order valence-corrected chi connectivity index (χ0v) is 17.3. The smallest absolute Gasteiger partial charge is 0.264 e. The van der Waals surface area contributed by atoms with Crippen molar-refractivity contribution in [2.24, 2.45) is 0 Å². The van der Waals surface area contributed by atoms with E-state index in [0.717, 1.165) is 9.87 Å². The van der Waals surface area contributed by atoms with Gasteiger partial charge in [-0.1, -0.05) is 12.1 Å². The summed E-state index contributed by atoms with van der Waals surface area (Å²) < 4.78 is 51.5. The standard InChI is InChI=1S/C20H23FN2O6S/c1-13-11-23(19(14(2)29-13)20(24)22-25)30(26,27)18-9-7-17(8-10-18)28-12-15-3-5-16(21)6-4-15/h3-10,13-14,19,25H,11-12H2,1-2H3,(H,22,24)/t13-,14?,19?/m0/s1. The highest BCUT2D eigenvalue weighted by Gasteiger charge is 2.44. The molecule has 1 saturated heterocycles. The van der Waals surface area contributed by atoms with Crippen LogP contribution in [0, 0.1) is 5.82 Å². The number of halogens is 1. The van der Waals surface area contributed by atoms with Gasteiger partial charge >= 0.3 is 0 Å². The van der Waals surface area contributed by atoms with E-state index in [1.54, 1.807) is 26.0 Å². The number of rotatable bonds is 6. The van der Waals surface area contributed by atoms with Crippen molar-refractivity contribution in [3.8, 4) is 5.75 Å². The summed E-state index contributed by atoms with van der Waals surface area (Å²) in [6, 6.07) is 10.4. The highest BCUT2D eigenvalue weighted by molar-refractivity contribution is 7.89. The van der Waals surface area contributed by atoms with Crippen LogP contribution in [0.4, 0.5) is 4.39 Å². The molecule has 1 amide bonds. The van der Waals surface area contributed by atoms with Crippen molar-refractivity contribution in [3.05, 3.63) is 59.9 Å². The minimum Gasteiger partial charge on any atom is -0.489 e. The Morgan fingerprint density at radius 1 is 1.20 bits per heavy atom. The summed E-state index contributed by atoms with van der Waals surface area (Å²) in [5.41, 5.74) is 2.28. The maximum atomic E-state index is 13.2. The maximum absolute atomic E-state index is 13.2. The van der Waals surface area contributed by atoms with Crippen molar-refractivity contribution in [1.29, 1.82) is 0 Å². The lowest BCUT2D eigenvalue weighted by atomic mass is 10.1. The predicted octanol–water partition coefficient (Wildman–Crippen LogP) is 2.08. The second kappa shape index (κ2) is 9.09. The molecule has 2 N–H and O–H groups in total. The highest BCUT2D eigenvalue weighted by atomic mass is 32.2. The average Bonchev–Trinajstić information content (AvgIpc) is 2.72. The molecule has 30 heavy (non-hydrogen) atoms. The zero-order chi connectivity index (χ0) is 21.9. The fraction of sp³-hybridized carbons (Fsp3) is 0.350. The Hall–Kier alpha value is -2.53. The monoisotopic (exact) mass is 438 g/mol. The summed E-state index contributed by atoms with van der Waals surface area (Å²) in [4.78, 5) is 12.1. The van der Waals surface area contributed by atoms with Crippen LogP contribution in [0.5, 0.6) is 5.75 Å². The number of nitrogens with zero attached hydrogens (tertiary/aromatic N) is 1. The normalized spacial score (nSPS) is 22.5. The molecule has 2 aromatic rings. The lowest BCUT2D eigenvalue weighted by Crippen LogP contribution is -2.60. The summed E-state index contributed by atoms with van der Waals surface area (Å²) >= 11 is 0. The lowest BCUT2D eigenvalue weighted by molar-refractivity contribution is -0.146. The predicted molar refractivity (Wildman–Crippen MR) is 105 cm³/mol. The number of hydroxylamine groups is 1. The van der Waals surface area contributed by atoms with E-state index in [-0.39, 0.29) is 23.9 Å². The number of nitrogens with one attached hydrogen (secondary N) is 1. The summed E-state index contributed by atoms with van der Waals surface area (Å²) in [5, 5.41) is 9.02. The summed E-state index contributed by atoms with van der Waals surface area (Å²) in [5.74, 6) is -0.767. The molecule has 0 radical (unpaired) electrons. The number of carbonyl (C=O) groups is 1. The molecule has 3 atom stereocenters. The largest absolute Gasteiger partial charge is 0.489 e. The number of hydrogen-bond donors (Lipinski definition) is 2. The number of hydrogen-bond acceptors (Lipinski definition) is 6. The minimum absolute atomic E-state index is 0.0197. The van der Waals surface area contributed by atoms with Gasteiger partial charge in [-0.3, -0.25) is 10.0 Å². The quantitative estimate of drug-likeness (QED) is 0.529. The fourth-order valence-corrected chi connectivity index (χ4v) is 5.06. The van der Waals surface area contributed by atoms with Gasteiger partial charge in [0.25, 0.3) is 5.91 Å². The second-order valence-electron chi connectivity index (χ2n) is 7.03. The molecule has 162 valence electrons. The number of amides is 1. The van der Waals surface area contributed by atoms with Gasteiger partial charge in [-0.2, -0.15) is 4.31 Å². The zero-order valence-electron chi connectivity index (χ0n) is 16.5. The molecule has 1 aliphatic rings. The van der Waals surface area contributed by atoms with Gasteiger partial charge in [0, 0.05) is 6.54 Å². The highest BCUT2D eigenvalue weighted by Crippen LogP contribution is 2.27. The van der Waals surface area contributed by atoms with Crippen LogP contribution in [-0.4, -0.2) is 48.6 Å². The SMILES string of the molecule is CC1O[C@@H](C)CN(S(=O)(=O)c2ccc(OCc3ccc(F)cc3)cc2)C1C(=O)NO. The van der Waals surface area contributed by atoms with Gasteiger partial charge < -0.3 is 9.47 Å². The van der Waals surface area contributed by atoms with Gasteiger partial charge in [0.2, 0.25) is 10.0 Å². The van der Waals surface area contributed by atoms with Crippen LogP contribution >= 0.6 is 0 Å². The second-order valence-corrected chi connectivity index (χ2v) is 8.92. The molecule has 1 fully saturated rings. The van der Waals surface area contributed by atoms with Crippen LogP contribution < -0.4 is 10.2 Å². The molecular weight excluding hydrogens is 415 g/mol. The summed E-state index contributed by atoms with van der Waals surface area (Å²) in [6.07, 6.45) is -1.16. The molecule has 0 aromatic heterocycles. The van der Waals surface area contributed by atoms with Crippen LogP contribution in [0.25, 0.3) is 0 Å². The molecule has 8 nitrogen and oxygen atoms in total. The summed E-state index contributed by atoms with van der Waals surface area (Å²) in [7, 11) is -4.04. The van der Waals surface area contributed by atoms with Gasteiger partial charge in [0.15, 0.2) is 0 Å². The van der Waals surface area contributed by atoms with E-state index >= 15 is 0 Å². The first-order chi connectivity index (χ1) is 14.2. The van der Waals surface area contributed by atoms with Crippen molar-refractivity contribution in [1.82, 2.24) is 9.79 Å². The maximum Gasteiger partial charge on any atom is 0.264 e. The molecule has 0 saturated carbocycles. The van der Waals surface area contributed by atoms with E-state index in [1.165, 1.54) is 41.9 Å². The molecule has 1 aliphatic heterocycles. The van der Waals surface area contributed by atoms with Gasteiger partial charge in [0.1, 0.15) is 24.2 Å². The van der Waals surface area contributed by atoms with Crippen LogP contribution in [-0.2, 0) is 26.2 Å². The molecule has 3 rings (SSSR count). The van der Waals surface area contributed by atoms with Crippen molar-refractivity contribution in [3.63, 3.8) is 0 Å². The molecular formula is C20H23FN2O6S. The molecule has 1 heterocycles. The van der Waals surface area contributed by atoms with Gasteiger partial charge in [-0.25, -0.2) is 18.3 Å². The molecule has 0 spiro atoms. The van der Waals surface area contributed by atoms with E-state index in [4.69, 9.17) is 14.7 Å². The molecule has 10 heteroatoms. The van der Waals surface area contributed by atoms with Crippen LogP contribution in [0.15, 0.2) is 53.4 Å². The van der Waals surface area contributed by atoms with Gasteiger partial charge in [-0.15, -0.1) is 0 Å². The van der Waals surface area contributed by atoms with Crippen LogP contribution in [0.1, 0.15) is 19.4 Å². The Balaban J connectivity index is 1.77. The first-order valence-electron chi connectivity index (χ1n) is 9.31. The Bertz CT molecular complexity index is 981. The average molecular weight is 438 g/mol. The molecule has 0 aliphatic carbocycles. The van der Waals surface area contributed by atoms with E-state index in [1.807, 2.05) is 0 Å². The third kappa shape index (κ3) is 4.78. The molecule has 2 unspecified atom stereocenters.